The first kappa shape index (κ1) is 23.1. The highest BCUT2D eigenvalue weighted by molar-refractivity contribution is 5.99. The van der Waals surface area contributed by atoms with Crippen molar-refractivity contribution < 1.29 is 14.3 Å². The number of aryl methyl sites for hydroxylation is 1. The number of nitrogens with zero attached hydrogens (tertiary/aromatic N) is 4. The molecular formula is C28H32N4O3. The van der Waals surface area contributed by atoms with E-state index in [9.17, 15) is 9.59 Å². The molecule has 3 heterocycles. The monoisotopic (exact) mass is 472 g/mol. The molecule has 1 fully saturated rings. The van der Waals surface area contributed by atoms with Gasteiger partial charge in [0.05, 0.1) is 37.0 Å². The van der Waals surface area contributed by atoms with Crippen LogP contribution in [0.2, 0.25) is 0 Å². The molecule has 0 radical (unpaired) electrons. The zero-order valence-electron chi connectivity index (χ0n) is 20.8. The third-order valence-corrected chi connectivity index (χ3v) is 7.20. The van der Waals surface area contributed by atoms with Gasteiger partial charge in [-0.25, -0.2) is 4.68 Å². The van der Waals surface area contributed by atoms with Crippen LogP contribution in [-0.4, -0.2) is 57.6 Å². The molecule has 1 saturated heterocycles. The number of hydrogen-bond acceptors (Lipinski definition) is 4. The summed E-state index contributed by atoms with van der Waals surface area (Å²) in [6, 6.07) is 17.4. The minimum absolute atomic E-state index is 0.00857. The molecule has 7 heteroatoms. The van der Waals surface area contributed by atoms with Crippen molar-refractivity contribution in [1.82, 2.24) is 19.6 Å². The molecule has 182 valence electrons. The van der Waals surface area contributed by atoms with Crippen LogP contribution in [0, 0.1) is 12.8 Å². The summed E-state index contributed by atoms with van der Waals surface area (Å²) in [5.74, 6) is 1.11. The Kier molecular flexibility index (Phi) is 6.09. The number of ether oxygens (including phenoxy) is 1. The fraction of sp³-hybridized carbons (Fsp3) is 0.393. The Morgan fingerprint density at radius 3 is 2.49 bits per heavy atom. The zero-order chi connectivity index (χ0) is 24.7. The van der Waals surface area contributed by atoms with E-state index < -0.39 is 0 Å². The smallest absolute Gasteiger partial charge is 0.273 e. The Morgan fingerprint density at radius 2 is 1.83 bits per heavy atom. The van der Waals surface area contributed by atoms with Crippen LogP contribution in [-0.2, 0) is 11.2 Å². The highest BCUT2D eigenvalue weighted by Gasteiger charge is 2.48. The molecule has 3 aromatic rings. The Hall–Kier alpha value is -3.61. The number of carbonyl (C=O) groups excluding carboxylic acids is 2. The highest BCUT2D eigenvalue weighted by atomic mass is 16.5. The minimum atomic E-state index is -0.0448. The summed E-state index contributed by atoms with van der Waals surface area (Å²) < 4.78 is 7.01. The van der Waals surface area contributed by atoms with Crippen molar-refractivity contribution in [3.05, 3.63) is 77.1 Å². The lowest BCUT2D eigenvalue weighted by Crippen LogP contribution is -2.43. The van der Waals surface area contributed by atoms with Crippen LogP contribution in [0.25, 0.3) is 5.69 Å². The average Bonchev–Trinajstić information content (AvgIpc) is 3.55. The highest BCUT2D eigenvalue weighted by Crippen LogP contribution is 2.43. The van der Waals surface area contributed by atoms with Crippen molar-refractivity contribution >= 4 is 11.8 Å². The summed E-state index contributed by atoms with van der Waals surface area (Å²) in [5, 5.41) is 4.74. The molecule has 2 amide bonds. The van der Waals surface area contributed by atoms with Gasteiger partial charge in [-0.2, -0.15) is 5.10 Å². The van der Waals surface area contributed by atoms with Gasteiger partial charge >= 0.3 is 0 Å². The van der Waals surface area contributed by atoms with Crippen LogP contribution in [0.4, 0.5) is 0 Å². The minimum Gasteiger partial charge on any atom is -0.497 e. The van der Waals surface area contributed by atoms with Gasteiger partial charge in [-0.15, -0.1) is 0 Å². The fourth-order valence-corrected chi connectivity index (χ4v) is 5.52. The average molecular weight is 473 g/mol. The fourth-order valence-electron chi connectivity index (χ4n) is 5.52. The van der Waals surface area contributed by atoms with Gasteiger partial charge in [-0.3, -0.25) is 9.59 Å². The Morgan fingerprint density at radius 1 is 1.11 bits per heavy atom. The van der Waals surface area contributed by atoms with Crippen LogP contribution in [0.1, 0.15) is 53.6 Å². The maximum absolute atomic E-state index is 13.9. The number of methoxy groups -OCH3 is 1. The third-order valence-electron chi connectivity index (χ3n) is 7.20. The molecule has 5 rings (SSSR count). The molecule has 1 aromatic heterocycles. The number of benzene rings is 2. The quantitative estimate of drug-likeness (QED) is 0.540. The summed E-state index contributed by atoms with van der Waals surface area (Å²) in [6.07, 6.45) is 1.13. The van der Waals surface area contributed by atoms with Crippen molar-refractivity contribution in [3.8, 4) is 11.4 Å². The first-order chi connectivity index (χ1) is 16.9. The van der Waals surface area contributed by atoms with E-state index in [1.165, 1.54) is 0 Å². The summed E-state index contributed by atoms with van der Waals surface area (Å²) in [7, 11) is 1.63. The largest absolute Gasteiger partial charge is 0.497 e. The standard InChI is InChI=1S/C28H32N4O3/c1-18(2)26-25-19(3)29-32(21-8-6-5-7-9-21)27(25)28(34)31(26)22-14-15-30(17-22)24(33)16-20-10-12-23(35-4)13-11-20/h5-13,18,22,26H,14-17H2,1-4H3. The number of fused-ring (bicyclic) bond motifs is 1. The van der Waals surface area contributed by atoms with E-state index >= 15 is 0 Å². The van der Waals surface area contributed by atoms with Crippen molar-refractivity contribution in [2.45, 2.75) is 45.7 Å². The first-order valence-corrected chi connectivity index (χ1v) is 12.3. The molecule has 2 aromatic carbocycles. The van der Waals surface area contributed by atoms with Gasteiger partial charge in [0.1, 0.15) is 11.4 Å². The van der Waals surface area contributed by atoms with E-state index in [1.807, 2.05) is 71.3 Å². The molecule has 2 atom stereocenters. The predicted molar refractivity (Wildman–Crippen MR) is 134 cm³/mol. The molecule has 35 heavy (non-hydrogen) atoms. The Balaban J connectivity index is 1.37. The molecule has 0 spiro atoms. The van der Waals surface area contributed by atoms with Gasteiger partial charge in [-0.05, 0) is 49.1 Å². The number of para-hydroxylation sites is 1. The van der Waals surface area contributed by atoms with Crippen LogP contribution in [0.3, 0.4) is 0 Å². The van der Waals surface area contributed by atoms with Crippen LogP contribution in [0.5, 0.6) is 5.75 Å². The van der Waals surface area contributed by atoms with Gasteiger partial charge in [0.2, 0.25) is 5.91 Å². The normalized spacial score (nSPS) is 19.5. The Bertz CT molecular complexity index is 1230. The first-order valence-electron chi connectivity index (χ1n) is 12.3. The van der Waals surface area contributed by atoms with E-state index in [1.54, 1.807) is 11.8 Å². The van der Waals surface area contributed by atoms with E-state index in [-0.39, 0.29) is 29.8 Å². The molecule has 2 aliphatic rings. The summed E-state index contributed by atoms with van der Waals surface area (Å²) in [5.41, 5.74) is 4.43. The van der Waals surface area contributed by atoms with Gasteiger partial charge < -0.3 is 14.5 Å². The lowest BCUT2D eigenvalue weighted by atomic mass is 9.95. The summed E-state index contributed by atoms with van der Waals surface area (Å²) in [6.45, 7) is 7.52. The molecule has 0 saturated carbocycles. The lowest BCUT2D eigenvalue weighted by Gasteiger charge is -2.33. The van der Waals surface area contributed by atoms with Crippen molar-refractivity contribution in [3.63, 3.8) is 0 Å². The molecule has 7 nitrogen and oxygen atoms in total. The van der Waals surface area contributed by atoms with Crippen molar-refractivity contribution in [1.29, 1.82) is 0 Å². The molecule has 2 unspecified atom stereocenters. The number of rotatable bonds is 6. The van der Waals surface area contributed by atoms with Crippen LogP contribution < -0.4 is 4.74 Å². The molecule has 0 bridgehead atoms. The SMILES string of the molecule is COc1ccc(CC(=O)N2CCC(N3C(=O)c4c(c(C)nn4-c4ccccc4)C3C(C)C)C2)cc1. The number of carbonyl (C=O) groups is 2. The van der Waals surface area contributed by atoms with Gasteiger partial charge in [0.15, 0.2) is 0 Å². The van der Waals surface area contributed by atoms with Gasteiger partial charge in [0, 0.05) is 18.7 Å². The third kappa shape index (κ3) is 4.09. The summed E-state index contributed by atoms with van der Waals surface area (Å²) >= 11 is 0. The maximum atomic E-state index is 13.9. The number of aromatic nitrogens is 2. The second kappa shape index (κ2) is 9.21. The molecule has 0 aliphatic carbocycles. The van der Waals surface area contributed by atoms with Crippen molar-refractivity contribution in [2.24, 2.45) is 5.92 Å². The van der Waals surface area contributed by atoms with Gasteiger partial charge in [0.25, 0.3) is 5.91 Å². The number of amides is 2. The predicted octanol–water partition coefficient (Wildman–Crippen LogP) is 4.19. The topological polar surface area (TPSA) is 67.7 Å². The van der Waals surface area contributed by atoms with Crippen LogP contribution >= 0.6 is 0 Å². The second-order valence-electron chi connectivity index (χ2n) is 9.80. The van der Waals surface area contributed by atoms with Crippen molar-refractivity contribution in [2.75, 3.05) is 20.2 Å². The Labute approximate surface area is 206 Å². The van der Waals surface area contributed by atoms with E-state index in [4.69, 9.17) is 9.84 Å². The lowest BCUT2D eigenvalue weighted by molar-refractivity contribution is -0.129. The molecule has 2 aliphatic heterocycles. The molecule has 0 N–H and O–H groups in total. The summed E-state index contributed by atoms with van der Waals surface area (Å²) in [4.78, 5) is 30.9. The van der Waals surface area contributed by atoms with E-state index in [0.29, 0.717) is 25.2 Å². The van der Waals surface area contributed by atoms with E-state index in [2.05, 4.69) is 13.8 Å². The number of likely N-dealkylation sites (tertiary alicyclic amines) is 1. The maximum Gasteiger partial charge on any atom is 0.273 e. The second-order valence-corrected chi connectivity index (χ2v) is 9.80. The number of hydrogen-bond donors (Lipinski definition) is 0. The zero-order valence-corrected chi connectivity index (χ0v) is 20.8. The van der Waals surface area contributed by atoms with E-state index in [0.717, 1.165) is 34.7 Å². The molecular weight excluding hydrogens is 440 g/mol. The van der Waals surface area contributed by atoms with Crippen LogP contribution in [0.15, 0.2) is 54.6 Å². The van der Waals surface area contributed by atoms with Gasteiger partial charge in [-0.1, -0.05) is 44.2 Å².